The molecule has 8 heteroatoms. The van der Waals surface area contributed by atoms with E-state index in [4.69, 9.17) is 5.73 Å². The minimum atomic E-state index is -3.79. The van der Waals surface area contributed by atoms with Gasteiger partial charge in [0.15, 0.2) is 0 Å². The van der Waals surface area contributed by atoms with Crippen LogP contribution in [-0.2, 0) is 14.9 Å². The molecule has 0 heterocycles. The van der Waals surface area contributed by atoms with Crippen molar-refractivity contribution in [1.29, 1.82) is 0 Å². The van der Waals surface area contributed by atoms with Gasteiger partial charge in [-0.05, 0) is 19.4 Å². The summed E-state index contributed by atoms with van der Waals surface area (Å²) in [6.07, 6.45) is 1.37. The fraction of sp³-hybridized carbons (Fsp3) is 0.857. The summed E-state index contributed by atoms with van der Waals surface area (Å²) in [5.41, 5.74) is 5.27. The Hall–Kier alpha value is -0.860. The Morgan fingerprint density at radius 1 is 1.33 bits per heavy atom. The van der Waals surface area contributed by atoms with Gasteiger partial charge in [0, 0.05) is 6.54 Å². The zero-order valence-corrected chi connectivity index (χ0v) is 9.47. The van der Waals surface area contributed by atoms with E-state index in [2.05, 4.69) is 9.46 Å². The van der Waals surface area contributed by atoms with Crippen LogP contribution in [0.4, 0.5) is 4.79 Å². The average molecular weight is 239 g/mol. The Kier molecular flexibility index (Phi) is 7.01. The van der Waals surface area contributed by atoms with Gasteiger partial charge in [0.2, 0.25) is 0 Å². The molecule has 90 valence electrons. The van der Waals surface area contributed by atoms with Crippen molar-refractivity contribution in [3.8, 4) is 0 Å². The van der Waals surface area contributed by atoms with E-state index in [1.807, 2.05) is 0 Å². The molecular weight excluding hydrogens is 222 g/mol. The lowest BCUT2D eigenvalue weighted by Crippen LogP contribution is -2.40. The molecule has 0 aliphatic heterocycles. The summed E-state index contributed by atoms with van der Waals surface area (Å²) < 4.78 is 30.2. The normalized spacial score (nSPS) is 11.1. The smallest absolute Gasteiger partial charge is 0.421 e. The Labute approximate surface area is 89.5 Å². The van der Waals surface area contributed by atoms with Gasteiger partial charge in [-0.1, -0.05) is 6.42 Å². The molecule has 0 atom stereocenters. The van der Waals surface area contributed by atoms with Gasteiger partial charge in [-0.3, -0.25) is 0 Å². The van der Waals surface area contributed by atoms with Gasteiger partial charge in [-0.2, -0.15) is 13.1 Å². The third-order valence-electron chi connectivity index (χ3n) is 1.58. The minimum Gasteiger partial charge on any atom is -0.452 e. The third-order valence-corrected chi connectivity index (χ3v) is 2.60. The van der Waals surface area contributed by atoms with Gasteiger partial charge in [0.1, 0.15) is 0 Å². The molecule has 0 rings (SSSR count). The van der Waals surface area contributed by atoms with Crippen LogP contribution in [0.1, 0.15) is 19.3 Å². The molecule has 0 spiro atoms. The number of unbranched alkanes of at least 4 members (excludes halogenated alkanes) is 2. The molecule has 15 heavy (non-hydrogen) atoms. The molecule has 1 amide bonds. The molecule has 0 aliphatic rings. The first-order valence-corrected chi connectivity index (χ1v) is 6.05. The molecule has 0 aliphatic carbocycles. The molecular formula is C7H17N3O4S. The minimum absolute atomic E-state index is 0.270. The molecule has 0 aromatic rings. The molecule has 0 fully saturated rings. The standard InChI is InChI=1S/C7H17N3O4S/c1-14-7(11)10-15(12,13)9-6-4-2-3-5-8/h9H,2-6,8H2,1H3,(H,10,11). The highest BCUT2D eigenvalue weighted by Gasteiger charge is 2.12. The van der Waals surface area contributed by atoms with Crippen molar-refractivity contribution in [2.75, 3.05) is 20.2 Å². The second kappa shape index (κ2) is 7.43. The second-order valence-corrected chi connectivity index (χ2v) is 4.34. The summed E-state index contributed by atoms with van der Waals surface area (Å²) in [7, 11) is -2.70. The number of methoxy groups -OCH3 is 1. The fourth-order valence-electron chi connectivity index (χ4n) is 0.840. The number of hydrogen-bond donors (Lipinski definition) is 3. The quantitative estimate of drug-likeness (QED) is 0.509. The first-order valence-electron chi connectivity index (χ1n) is 4.57. The van der Waals surface area contributed by atoms with E-state index in [-0.39, 0.29) is 6.54 Å². The number of rotatable bonds is 7. The van der Waals surface area contributed by atoms with Crippen molar-refractivity contribution in [2.45, 2.75) is 19.3 Å². The topological polar surface area (TPSA) is 111 Å². The number of carbonyl (C=O) groups excluding carboxylic acids is 1. The number of nitrogens with two attached hydrogens (primary N) is 1. The summed E-state index contributed by atoms with van der Waals surface area (Å²) in [6.45, 7) is 0.861. The van der Waals surface area contributed by atoms with Crippen molar-refractivity contribution in [1.82, 2.24) is 9.44 Å². The average Bonchev–Trinajstić information content (AvgIpc) is 2.16. The monoisotopic (exact) mass is 239 g/mol. The van der Waals surface area contributed by atoms with E-state index in [0.717, 1.165) is 20.0 Å². The third kappa shape index (κ3) is 8.16. The van der Waals surface area contributed by atoms with Gasteiger partial charge in [-0.25, -0.2) is 9.52 Å². The molecule has 7 nitrogen and oxygen atoms in total. The zero-order chi connectivity index (χ0) is 11.7. The molecule has 0 radical (unpaired) electrons. The van der Waals surface area contributed by atoms with Crippen LogP contribution in [0.3, 0.4) is 0 Å². The van der Waals surface area contributed by atoms with E-state index in [1.165, 1.54) is 0 Å². The molecule has 0 saturated heterocycles. The highest BCUT2D eigenvalue weighted by Crippen LogP contribution is 1.92. The maximum absolute atomic E-state index is 11.1. The van der Waals surface area contributed by atoms with Crippen LogP contribution in [0, 0.1) is 0 Å². The summed E-state index contributed by atoms with van der Waals surface area (Å²) in [5.74, 6) is 0. The Balaban J connectivity index is 3.70. The van der Waals surface area contributed by atoms with E-state index in [0.29, 0.717) is 13.0 Å². The van der Waals surface area contributed by atoms with Crippen molar-refractivity contribution in [3.63, 3.8) is 0 Å². The summed E-state index contributed by atoms with van der Waals surface area (Å²) in [4.78, 5) is 10.6. The van der Waals surface area contributed by atoms with Crippen LogP contribution in [0.5, 0.6) is 0 Å². The predicted octanol–water partition coefficient (Wildman–Crippen LogP) is -0.694. The van der Waals surface area contributed by atoms with Crippen molar-refractivity contribution in [2.24, 2.45) is 5.73 Å². The Morgan fingerprint density at radius 3 is 2.53 bits per heavy atom. The van der Waals surface area contributed by atoms with E-state index in [9.17, 15) is 13.2 Å². The van der Waals surface area contributed by atoms with Crippen LogP contribution in [0.2, 0.25) is 0 Å². The first-order chi connectivity index (χ1) is 7.02. The van der Waals surface area contributed by atoms with Crippen LogP contribution >= 0.6 is 0 Å². The van der Waals surface area contributed by atoms with Crippen molar-refractivity contribution in [3.05, 3.63) is 0 Å². The van der Waals surface area contributed by atoms with Crippen molar-refractivity contribution < 1.29 is 17.9 Å². The first kappa shape index (κ1) is 14.1. The molecule has 0 saturated carbocycles. The molecule has 0 aromatic carbocycles. The molecule has 0 unspecified atom stereocenters. The lowest BCUT2D eigenvalue weighted by Gasteiger charge is -2.06. The number of carbonyl (C=O) groups is 1. The maximum atomic E-state index is 11.1. The van der Waals surface area contributed by atoms with Crippen molar-refractivity contribution >= 4 is 16.3 Å². The van der Waals surface area contributed by atoms with Crippen LogP contribution in [0.25, 0.3) is 0 Å². The van der Waals surface area contributed by atoms with Gasteiger partial charge in [-0.15, -0.1) is 0 Å². The number of nitrogens with one attached hydrogen (secondary N) is 2. The van der Waals surface area contributed by atoms with E-state index in [1.54, 1.807) is 4.72 Å². The van der Waals surface area contributed by atoms with Gasteiger partial charge >= 0.3 is 16.3 Å². The van der Waals surface area contributed by atoms with Gasteiger partial charge < -0.3 is 10.5 Å². The molecule has 0 bridgehead atoms. The Morgan fingerprint density at radius 2 is 2.00 bits per heavy atom. The summed E-state index contributed by atoms with van der Waals surface area (Å²) >= 11 is 0. The predicted molar refractivity (Wildman–Crippen MR) is 55.4 cm³/mol. The zero-order valence-electron chi connectivity index (χ0n) is 8.65. The van der Waals surface area contributed by atoms with Crippen LogP contribution in [-0.4, -0.2) is 34.7 Å². The summed E-state index contributed by atoms with van der Waals surface area (Å²) in [6, 6.07) is 0. The lowest BCUT2D eigenvalue weighted by atomic mass is 10.2. The van der Waals surface area contributed by atoms with E-state index < -0.39 is 16.3 Å². The number of amides is 1. The van der Waals surface area contributed by atoms with Gasteiger partial charge in [0.25, 0.3) is 0 Å². The van der Waals surface area contributed by atoms with Crippen LogP contribution in [0.15, 0.2) is 0 Å². The summed E-state index contributed by atoms with van der Waals surface area (Å²) in [5, 5.41) is 0. The van der Waals surface area contributed by atoms with Crippen LogP contribution < -0.4 is 15.2 Å². The highest BCUT2D eigenvalue weighted by atomic mass is 32.2. The van der Waals surface area contributed by atoms with E-state index >= 15 is 0 Å². The SMILES string of the molecule is COC(=O)NS(=O)(=O)NCCCCCN. The largest absolute Gasteiger partial charge is 0.452 e. The number of ether oxygens (including phenoxy) is 1. The molecule has 4 N–H and O–H groups in total. The Bertz CT molecular complexity index is 278. The fourth-order valence-corrected chi connectivity index (χ4v) is 1.63. The maximum Gasteiger partial charge on any atom is 0.421 e. The van der Waals surface area contributed by atoms with Gasteiger partial charge in [0.05, 0.1) is 7.11 Å². The lowest BCUT2D eigenvalue weighted by molar-refractivity contribution is 0.177. The second-order valence-electron chi connectivity index (χ2n) is 2.84. The molecule has 0 aromatic heterocycles. The highest BCUT2D eigenvalue weighted by molar-refractivity contribution is 7.88. The number of hydrogen-bond acceptors (Lipinski definition) is 5.